The Morgan fingerprint density at radius 3 is 2.16 bits per heavy atom. The van der Waals surface area contributed by atoms with Gasteiger partial charge in [-0.1, -0.05) is 31.4 Å². The van der Waals surface area contributed by atoms with Gasteiger partial charge in [-0.25, -0.2) is 0 Å². The zero-order valence-corrected chi connectivity index (χ0v) is 15.4. The lowest BCUT2D eigenvalue weighted by Gasteiger charge is -2.49. The van der Waals surface area contributed by atoms with Crippen LogP contribution in [0, 0.1) is 11.8 Å². The van der Waals surface area contributed by atoms with Crippen molar-refractivity contribution in [2.24, 2.45) is 11.8 Å². The number of piperidine rings is 1. The summed E-state index contributed by atoms with van der Waals surface area (Å²) < 4.78 is 0. The van der Waals surface area contributed by atoms with Crippen LogP contribution in [0.15, 0.2) is 24.3 Å². The predicted octanol–water partition coefficient (Wildman–Crippen LogP) is 4.64. The standard InChI is InChI=1S/C22H33N3/c23-21-6-1-2-7-22(21)24-17-13-18-8-9-19(14-17)25(18)20-11-15-4-3-5-16(10-15)12-20/h1-2,6-7,15-20,24H,3-5,8-14,23H2/t15?,16?,17-,18+,19-,20?. The van der Waals surface area contributed by atoms with Gasteiger partial charge in [0.1, 0.15) is 0 Å². The molecule has 0 amide bonds. The highest BCUT2D eigenvalue weighted by molar-refractivity contribution is 5.66. The fourth-order valence-corrected chi connectivity index (χ4v) is 6.72. The van der Waals surface area contributed by atoms with Crippen LogP contribution in [0.2, 0.25) is 0 Å². The van der Waals surface area contributed by atoms with E-state index in [1.165, 1.54) is 64.2 Å². The summed E-state index contributed by atoms with van der Waals surface area (Å²) in [4.78, 5) is 3.00. The minimum absolute atomic E-state index is 0.599. The van der Waals surface area contributed by atoms with Gasteiger partial charge in [-0.05, 0) is 68.9 Å². The van der Waals surface area contributed by atoms with Crippen LogP contribution in [-0.2, 0) is 0 Å². The fourth-order valence-electron chi connectivity index (χ4n) is 6.72. The second kappa shape index (κ2) is 6.50. The first-order valence-electron chi connectivity index (χ1n) is 10.6. The highest BCUT2D eigenvalue weighted by Gasteiger charge is 2.46. The maximum atomic E-state index is 6.15. The van der Waals surface area contributed by atoms with E-state index in [9.17, 15) is 0 Å². The number of benzene rings is 1. The van der Waals surface area contributed by atoms with Crippen LogP contribution in [0.1, 0.15) is 64.2 Å². The molecule has 2 unspecified atom stereocenters. The first-order valence-corrected chi connectivity index (χ1v) is 10.6. The molecule has 4 bridgehead atoms. The summed E-state index contributed by atoms with van der Waals surface area (Å²) in [6, 6.07) is 11.4. The predicted molar refractivity (Wildman–Crippen MR) is 105 cm³/mol. The van der Waals surface area contributed by atoms with Crippen molar-refractivity contribution < 1.29 is 0 Å². The molecule has 2 aliphatic heterocycles. The smallest absolute Gasteiger partial charge is 0.0576 e. The molecule has 2 saturated carbocycles. The average Bonchev–Trinajstić information content (AvgIpc) is 2.87. The van der Waals surface area contributed by atoms with E-state index in [0.29, 0.717) is 6.04 Å². The zero-order valence-electron chi connectivity index (χ0n) is 15.4. The molecule has 0 aromatic heterocycles. The lowest BCUT2D eigenvalue weighted by Crippen LogP contribution is -2.53. The van der Waals surface area contributed by atoms with Crippen molar-refractivity contribution in [3.63, 3.8) is 0 Å². The highest BCUT2D eigenvalue weighted by atomic mass is 15.3. The molecule has 136 valence electrons. The third kappa shape index (κ3) is 3.05. The summed E-state index contributed by atoms with van der Waals surface area (Å²) in [5.74, 6) is 2.08. The summed E-state index contributed by atoms with van der Waals surface area (Å²) in [6.45, 7) is 0. The highest BCUT2D eigenvalue weighted by Crippen LogP contribution is 2.46. The molecule has 3 N–H and O–H groups in total. The molecule has 1 aromatic rings. The normalized spacial score (nSPS) is 40.8. The van der Waals surface area contributed by atoms with Crippen LogP contribution < -0.4 is 11.1 Å². The number of hydrogen-bond donors (Lipinski definition) is 2. The summed E-state index contributed by atoms with van der Waals surface area (Å²) in [6.07, 6.45) is 14.5. The number of fused-ring (bicyclic) bond motifs is 4. The van der Waals surface area contributed by atoms with Gasteiger partial charge in [0.15, 0.2) is 0 Å². The van der Waals surface area contributed by atoms with Crippen LogP contribution in [0.25, 0.3) is 0 Å². The van der Waals surface area contributed by atoms with Gasteiger partial charge in [-0.3, -0.25) is 4.90 Å². The van der Waals surface area contributed by atoms with Gasteiger partial charge < -0.3 is 11.1 Å². The lowest BCUT2D eigenvalue weighted by molar-refractivity contribution is 0.0177. The van der Waals surface area contributed by atoms with Gasteiger partial charge in [-0.2, -0.15) is 0 Å². The minimum Gasteiger partial charge on any atom is -0.397 e. The molecular weight excluding hydrogens is 306 g/mol. The Labute approximate surface area is 152 Å². The van der Waals surface area contributed by atoms with Crippen LogP contribution in [-0.4, -0.2) is 29.1 Å². The van der Waals surface area contributed by atoms with Crippen molar-refractivity contribution in [3.05, 3.63) is 24.3 Å². The summed E-state index contributed by atoms with van der Waals surface area (Å²) in [7, 11) is 0. The zero-order chi connectivity index (χ0) is 16.8. The third-order valence-electron chi connectivity index (χ3n) is 7.63. The first kappa shape index (κ1) is 16.0. The van der Waals surface area contributed by atoms with Crippen molar-refractivity contribution in [3.8, 4) is 0 Å². The molecule has 4 fully saturated rings. The van der Waals surface area contributed by atoms with Gasteiger partial charge in [0.05, 0.1) is 11.4 Å². The molecular formula is C22H33N3. The molecule has 2 saturated heterocycles. The molecule has 0 spiro atoms. The minimum atomic E-state index is 0.599. The molecule has 0 radical (unpaired) electrons. The Kier molecular flexibility index (Phi) is 4.16. The third-order valence-corrected chi connectivity index (χ3v) is 7.63. The number of nitrogens with one attached hydrogen (secondary N) is 1. The van der Waals surface area contributed by atoms with E-state index in [1.807, 2.05) is 12.1 Å². The molecule has 3 heteroatoms. The summed E-state index contributed by atoms with van der Waals surface area (Å²) in [5, 5.41) is 3.76. The molecule has 5 atom stereocenters. The first-order chi connectivity index (χ1) is 12.3. The van der Waals surface area contributed by atoms with Crippen molar-refractivity contribution in [2.45, 2.75) is 88.4 Å². The molecule has 2 heterocycles. The van der Waals surface area contributed by atoms with E-state index < -0.39 is 0 Å². The summed E-state index contributed by atoms with van der Waals surface area (Å²) >= 11 is 0. The second-order valence-electron chi connectivity index (χ2n) is 9.26. The average molecular weight is 340 g/mol. The molecule has 1 aromatic carbocycles. The van der Waals surface area contributed by atoms with Gasteiger partial charge in [0.25, 0.3) is 0 Å². The van der Waals surface area contributed by atoms with Crippen LogP contribution in [0.4, 0.5) is 11.4 Å². The van der Waals surface area contributed by atoms with Crippen molar-refractivity contribution in [1.82, 2.24) is 4.90 Å². The number of para-hydroxylation sites is 2. The number of nitrogens with two attached hydrogens (primary N) is 1. The van der Waals surface area contributed by atoms with Crippen LogP contribution in [0.3, 0.4) is 0 Å². The number of nitrogens with zero attached hydrogens (tertiary/aromatic N) is 1. The fraction of sp³-hybridized carbons (Fsp3) is 0.727. The van der Waals surface area contributed by atoms with Crippen molar-refractivity contribution in [1.29, 1.82) is 0 Å². The Hall–Kier alpha value is -1.22. The van der Waals surface area contributed by atoms with Gasteiger partial charge in [0, 0.05) is 24.2 Å². The van der Waals surface area contributed by atoms with Crippen LogP contribution >= 0.6 is 0 Å². The van der Waals surface area contributed by atoms with E-state index in [1.54, 1.807) is 0 Å². The number of nitrogen functional groups attached to an aromatic ring is 1. The van der Waals surface area contributed by atoms with E-state index in [4.69, 9.17) is 5.73 Å². The number of hydrogen-bond acceptors (Lipinski definition) is 3. The van der Waals surface area contributed by atoms with Crippen LogP contribution in [0.5, 0.6) is 0 Å². The van der Waals surface area contributed by atoms with E-state index in [2.05, 4.69) is 22.3 Å². The molecule has 4 aliphatic rings. The Morgan fingerprint density at radius 1 is 0.800 bits per heavy atom. The number of rotatable bonds is 3. The topological polar surface area (TPSA) is 41.3 Å². The van der Waals surface area contributed by atoms with E-state index >= 15 is 0 Å². The second-order valence-corrected chi connectivity index (χ2v) is 9.26. The molecule has 3 nitrogen and oxygen atoms in total. The molecule has 5 rings (SSSR count). The maximum absolute atomic E-state index is 6.15. The largest absolute Gasteiger partial charge is 0.397 e. The quantitative estimate of drug-likeness (QED) is 0.788. The lowest BCUT2D eigenvalue weighted by atomic mass is 9.69. The Balaban J connectivity index is 1.27. The van der Waals surface area contributed by atoms with Gasteiger partial charge in [-0.15, -0.1) is 0 Å². The number of anilines is 2. The molecule has 25 heavy (non-hydrogen) atoms. The Morgan fingerprint density at radius 2 is 1.48 bits per heavy atom. The van der Waals surface area contributed by atoms with Crippen molar-refractivity contribution >= 4 is 11.4 Å². The SMILES string of the molecule is Nc1ccccc1N[C@H]1C[C@H]2CC[C@@H](C1)N2C1CC2CCCC(C2)C1. The van der Waals surface area contributed by atoms with Gasteiger partial charge >= 0.3 is 0 Å². The molecule has 2 aliphatic carbocycles. The maximum Gasteiger partial charge on any atom is 0.0576 e. The van der Waals surface area contributed by atoms with Gasteiger partial charge in [0.2, 0.25) is 0 Å². The summed E-state index contributed by atoms with van der Waals surface area (Å²) in [5.41, 5.74) is 8.16. The monoisotopic (exact) mass is 339 g/mol. The van der Waals surface area contributed by atoms with E-state index in [-0.39, 0.29) is 0 Å². The Bertz CT molecular complexity index is 589. The van der Waals surface area contributed by atoms with E-state index in [0.717, 1.165) is 41.3 Å². The van der Waals surface area contributed by atoms with Crippen molar-refractivity contribution in [2.75, 3.05) is 11.1 Å².